The number of benzene rings is 2. The third kappa shape index (κ3) is 3.01. The number of nitrogens with zero attached hydrogens (tertiary/aromatic N) is 4. The van der Waals surface area contributed by atoms with E-state index in [0.717, 1.165) is 47.0 Å². The summed E-state index contributed by atoms with van der Waals surface area (Å²) in [5.41, 5.74) is 5.01. The molecule has 3 heterocycles. The maximum atomic E-state index is 4.80. The lowest BCUT2D eigenvalue weighted by atomic mass is 10.1. The zero-order valence-corrected chi connectivity index (χ0v) is 14.6. The molecule has 0 saturated heterocycles. The molecule has 0 spiro atoms. The van der Waals surface area contributed by atoms with Gasteiger partial charge in [0.25, 0.3) is 0 Å². The molecule has 0 fully saturated rings. The minimum atomic E-state index is 0.584. The van der Waals surface area contributed by atoms with Gasteiger partial charge in [0.05, 0.1) is 16.9 Å². The molecule has 4 aromatic rings. The quantitative estimate of drug-likeness (QED) is 0.581. The number of para-hydroxylation sites is 2. The summed E-state index contributed by atoms with van der Waals surface area (Å²) in [6.45, 7) is 0.806. The first-order chi connectivity index (χ1) is 13.4. The number of fused-ring (bicyclic) bond motifs is 3. The number of aromatic nitrogens is 4. The number of nitrogens with one attached hydrogen (secondary N) is 2. The first-order valence-electron chi connectivity index (χ1n) is 8.94. The third-order valence-electron chi connectivity index (χ3n) is 4.57. The van der Waals surface area contributed by atoms with E-state index in [9.17, 15) is 0 Å². The SMILES string of the molecule is c1ccc(Nc2ncc3c(n2)-c2cn(-c4ccccc4)nc2NCC3)cc1. The number of hydrogen-bond acceptors (Lipinski definition) is 5. The summed E-state index contributed by atoms with van der Waals surface area (Å²) < 4.78 is 1.89. The van der Waals surface area contributed by atoms with Gasteiger partial charge in [0.1, 0.15) is 0 Å². The van der Waals surface area contributed by atoms with Gasteiger partial charge in [-0.1, -0.05) is 36.4 Å². The lowest BCUT2D eigenvalue weighted by Crippen LogP contribution is -2.05. The maximum absolute atomic E-state index is 4.80. The van der Waals surface area contributed by atoms with Crippen LogP contribution >= 0.6 is 0 Å². The van der Waals surface area contributed by atoms with Crippen molar-refractivity contribution in [2.75, 3.05) is 17.2 Å². The summed E-state index contributed by atoms with van der Waals surface area (Å²) in [6.07, 6.45) is 4.80. The zero-order chi connectivity index (χ0) is 18.1. The van der Waals surface area contributed by atoms with Crippen LogP contribution in [0.3, 0.4) is 0 Å². The van der Waals surface area contributed by atoms with Crippen LogP contribution in [-0.2, 0) is 6.42 Å². The fourth-order valence-corrected chi connectivity index (χ4v) is 3.24. The number of hydrogen-bond donors (Lipinski definition) is 2. The molecule has 5 rings (SSSR count). The smallest absolute Gasteiger partial charge is 0.227 e. The van der Waals surface area contributed by atoms with E-state index < -0.39 is 0 Å². The van der Waals surface area contributed by atoms with Crippen molar-refractivity contribution in [3.05, 3.63) is 78.6 Å². The van der Waals surface area contributed by atoms with Crippen molar-refractivity contribution in [2.24, 2.45) is 0 Å². The average molecular weight is 354 g/mol. The van der Waals surface area contributed by atoms with Crippen LogP contribution in [0.1, 0.15) is 5.56 Å². The van der Waals surface area contributed by atoms with Crippen molar-refractivity contribution >= 4 is 17.5 Å². The second-order valence-electron chi connectivity index (χ2n) is 6.41. The summed E-state index contributed by atoms with van der Waals surface area (Å²) in [4.78, 5) is 9.29. The topological polar surface area (TPSA) is 67.7 Å². The molecule has 0 atom stereocenters. The highest BCUT2D eigenvalue weighted by atomic mass is 15.3. The standard InChI is InChI=1S/C21H18N6/c1-3-7-16(8-4-1)24-21-23-13-15-11-12-22-20-18(19(15)25-21)14-27(26-20)17-9-5-2-6-10-17/h1-10,13-14H,11-12H2,(H,22,26)(H,23,24,25). The summed E-state index contributed by atoms with van der Waals surface area (Å²) >= 11 is 0. The Morgan fingerprint density at radius 3 is 2.56 bits per heavy atom. The van der Waals surface area contributed by atoms with E-state index in [2.05, 4.69) is 15.6 Å². The van der Waals surface area contributed by atoms with Crippen LogP contribution in [-0.4, -0.2) is 26.3 Å². The largest absolute Gasteiger partial charge is 0.368 e. The molecule has 27 heavy (non-hydrogen) atoms. The molecule has 2 N–H and O–H groups in total. The second-order valence-corrected chi connectivity index (χ2v) is 6.41. The van der Waals surface area contributed by atoms with E-state index in [1.54, 1.807) is 0 Å². The molecule has 2 aromatic carbocycles. The zero-order valence-electron chi connectivity index (χ0n) is 14.6. The molecule has 1 aliphatic heterocycles. The first-order valence-corrected chi connectivity index (χ1v) is 8.94. The summed E-state index contributed by atoms with van der Waals surface area (Å²) in [5, 5.41) is 11.4. The molecule has 132 valence electrons. The predicted octanol–water partition coefficient (Wildman–Crippen LogP) is 4.04. The normalized spacial score (nSPS) is 12.4. The van der Waals surface area contributed by atoms with E-state index in [1.807, 2.05) is 77.7 Å². The highest BCUT2D eigenvalue weighted by Gasteiger charge is 2.20. The Balaban J connectivity index is 1.57. The molecule has 0 saturated carbocycles. The van der Waals surface area contributed by atoms with Crippen molar-refractivity contribution in [3.8, 4) is 16.9 Å². The van der Waals surface area contributed by atoms with E-state index in [4.69, 9.17) is 10.1 Å². The summed E-state index contributed by atoms with van der Waals surface area (Å²) in [5.74, 6) is 1.43. The molecule has 2 aromatic heterocycles. The van der Waals surface area contributed by atoms with Gasteiger partial charge < -0.3 is 10.6 Å². The molecule has 1 aliphatic rings. The fourth-order valence-electron chi connectivity index (χ4n) is 3.24. The van der Waals surface area contributed by atoms with E-state index in [1.165, 1.54) is 0 Å². The minimum absolute atomic E-state index is 0.584. The molecule has 0 unspecified atom stereocenters. The summed E-state index contributed by atoms with van der Waals surface area (Å²) in [6, 6.07) is 20.0. The van der Waals surface area contributed by atoms with Gasteiger partial charge in [0, 0.05) is 24.6 Å². The van der Waals surface area contributed by atoms with Crippen LogP contribution in [0.5, 0.6) is 0 Å². The van der Waals surface area contributed by atoms with Crippen molar-refractivity contribution in [2.45, 2.75) is 6.42 Å². The minimum Gasteiger partial charge on any atom is -0.368 e. The van der Waals surface area contributed by atoms with Gasteiger partial charge in [-0.3, -0.25) is 0 Å². The molecule has 0 bridgehead atoms. The van der Waals surface area contributed by atoms with E-state index >= 15 is 0 Å². The lowest BCUT2D eigenvalue weighted by Gasteiger charge is -2.08. The van der Waals surface area contributed by atoms with Crippen molar-refractivity contribution < 1.29 is 0 Å². The Labute approximate surface area is 156 Å². The van der Waals surface area contributed by atoms with Crippen LogP contribution in [0, 0.1) is 0 Å². The van der Waals surface area contributed by atoms with Gasteiger partial charge in [-0.15, -0.1) is 5.10 Å². The van der Waals surface area contributed by atoms with Crippen molar-refractivity contribution in [3.63, 3.8) is 0 Å². The highest BCUT2D eigenvalue weighted by Crippen LogP contribution is 2.32. The maximum Gasteiger partial charge on any atom is 0.227 e. The predicted molar refractivity (Wildman–Crippen MR) is 107 cm³/mol. The molecule has 0 aliphatic carbocycles. The first kappa shape index (κ1) is 15.6. The van der Waals surface area contributed by atoms with E-state index in [0.29, 0.717) is 5.95 Å². The van der Waals surface area contributed by atoms with Crippen LogP contribution in [0.2, 0.25) is 0 Å². The third-order valence-corrected chi connectivity index (χ3v) is 4.57. The van der Waals surface area contributed by atoms with Crippen LogP contribution in [0.15, 0.2) is 73.1 Å². The Morgan fingerprint density at radius 1 is 0.963 bits per heavy atom. The summed E-state index contributed by atoms with van der Waals surface area (Å²) in [7, 11) is 0. The fraction of sp³-hybridized carbons (Fsp3) is 0.0952. The van der Waals surface area contributed by atoms with E-state index in [-0.39, 0.29) is 0 Å². The van der Waals surface area contributed by atoms with Gasteiger partial charge in [0.15, 0.2) is 5.82 Å². The monoisotopic (exact) mass is 354 g/mol. The molecule has 0 amide bonds. The molecular weight excluding hydrogens is 336 g/mol. The van der Waals surface area contributed by atoms with Gasteiger partial charge in [0.2, 0.25) is 5.95 Å². The molecule has 0 radical (unpaired) electrons. The Hall–Kier alpha value is -3.67. The molecule has 6 heteroatoms. The Bertz CT molecular complexity index is 1070. The van der Waals surface area contributed by atoms with Gasteiger partial charge in [-0.25, -0.2) is 14.6 Å². The van der Waals surface area contributed by atoms with Gasteiger partial charge >= 0.3 is 0 Å². The molecule has 6 nitrogen and oxygen atoms in total. The number of rotatable bonds is 3. The van der Waals surface area contributed by atoms with Crippen LogP contribution in [0.4, 0.5) is 17.5 Å². The highest BCUT2D eigenvalue weighted by molar-refractivity contribution is 5.77. The van der Waals surface area contributed by atoms with Gasteiger partial charge in [-0.2, -0.15) is 0 Å². The lowest BCUT2D eigenvalue weighted by molar-refractivity contribution is 0.873. The van der Waals surface area contributed by atoms with Crippen molar-refractivity contribution in [1.29, 1.82) is 0 Å². The second kappa shape index (κ2) is 6.57. The van der Waals surface area contributed by atoms with Crippen LogP contribution in [0.25, 0.3) is 16.9 Å². The van der Waals surface area contributed by atoms with Gasteiger partial charge in [-0.05, 0) is 36.2 Å². The Kier molecular flexibility index (Phi) is 3.79. The average Bonchev–Trinajstić information content (AvgIpc) is 3.07. The van der Waals surface area contributed by atoms with Crippen molar-refractivity contribution in [1.82, 2.24) is 19.7 Å². The van der Waals surface area contributed by atoms with Crippen LogP contribution < -0.4 is 10.6 Å². The number of anilines is 3. The molecular formula is C21H18N6. The Morgan fingerprint density at radius 2 is 1.74 bits per heavy atom.